The fraction of sp³-hybridized carbons (Fsp3) is 0.556. The zero-order valence-corrected chi connectivity index (χ0v) is 13.6. The largest absolute Gasteiger partial charge is 0.384 e. The van der Waals surface area contributed by atoms with Gasteiger partial charge >= 0.3 is 0 Å². The van der Waals surface area contributed by atoms with E-state index in [0.29, 0.717) is 19.6 Å². The number of carbonyl (C=O) groups is 2. The number of nitrogens with zero attached hydrogens (tertiary/aromatic N) is 1. The summed E-state index contributed by atoms with van der Waals surface area (Å²) in [6.07, 6.45) is 2.17. The lowest BCUT2D eigenvalue weighted by molar-refractivity contribution is -0.134. The maximum atomic E-state index is 12.5. The lowest BCUT2D eigenvalue weighted by Gasteiger charge is -2.41. The Balaban J connectivity index is 1.60. The van der Waals surface area contributed by atoms with E-state index in [1.54, 1.807) is 7.11 Å². The van der Waals surface area contributed by atoms with Gasteiger partial charge in [-0.2, -0.15) is 0 Å². The number of amides is 2. The summed E-state index contributed by atoms with van der Waals surface area (Å²) >= 11 is 0. The first kappa shape index (κ1) is 16.0. The van der Waals surface area contributed by atoms with Crippen LogP contribution in [0.4, 0.5) is 0 Å². The van der Waals surface area contributed by atoms with E-state index in [9.17, 15) is 9.59 Å². The summed E-state index contributed by atoms with van der Waals surface area (Å²) in [4.78, 5) is 26.4. The smallest absolute Gasteiger partial charge is 0.226 e. The fourth-order valence-electron chi connectivity index (χ4n) is 3.82. The Hall–Kier alpha value is -1.88. The minimum atomic E-state index is -0.0844. The van der Waals surface area contributed by atoms with Crippen LogP contribution in [-0.2, 0) is 20.7 Å². The van der Waals surface area contributed by atoms with E-state index < -0.39 is 0 Å². The van der Waals surface area contributed by atoms with Crippen molar-refractivity contribution in [3.8, 4) is 0 Å². The van der Waals surface area contributed by atoms with Crippen molar-refractivity contribution in [3.63, 3.8) is 0 Å². The predicted molar refractivity (Wildman–Crippen MR) is 86.8 cm³/mol. The van der Waals surface area contributed by atoms with Crippen LogP contribution in [0.1, 0.15) is 18.4 Å². The Morgan fingerprint density at radius 3 is 2.65 bits per heavy atom. The SMILES string of the molecule is COCC1C(=O)NCC12CCN(C(=O)Cc1ccccc1)CC2. The van der Waals surface area contributed by atoms with Crippen molar-refractivity contribution in [1.82, 2.24) is 10.2 Å². The first-order chi connectivity index (χ1) is 11.1. The molecule has 1 atom stereocenters. The van der Waals surface area contributed by atoms with E-state index in [4.69, 9.17) is 4.74 Å². The van der Waals surface area contributed by atoms with Crippen LogP contribution in [0, 0.1) is 11.3 Å². The lowest BCUT2D eigenvalue weighted by Crippen LogP contribution is -2.47. The number of ether oxygens (including phenoxy) is 1. The van der Waals surface area contributed by atoms with Crippen molar-refractivity contribution in [2.45, 2.75) is 19.3 Å². The van der Waals surface area contributed by atoms with Crippen LogP contribution in [0.5, 0.6) is 0 Å². The molecule has 2 saturated heterocycles. The summed E-state index contributed by atoms with van der Waals surface area (Å²) in [6.45, 7) is 2.62. The molecule has 1 aromatic carbocycles. The minimum Gasteiger partial charge on any atom is -0.384 e. The van der Waals surface area contributed by atoms with Crippen LogP contribution in [0.3, 0.4) is 0 Å². The summed E-state index contributed by atoms with van der Waals surface area (Å²) in [7, 11) is 1.64. The van der Waals surface area contributed by atoms with Crippen molar-refractivity contribution in [1.29, 1.82) is 0 Å². The van der Waals surface area contributed by atoms with Gasteiger partial charge in [-0.25, -0.2) is 0 Å². The molecule has 0 bridgehead atoms. The van der Waals surface area contributed by atoms with Gasteiger partial charge in [-0.1, -0.05) is 30.3 Å². The fourth-order valence-corrected chi connectivity index (χ4v) is 3.82. The van der Waals surface area contributed by atoms with Crippen molar-refractivity contribution in [3.05, 3.63) is 35.9 Å². The average molecular weight is 316 g/mol. The van der Waals surface area contributed by atoms with Gasteiger partial charge in [0.2, 0.25) is 11.8 Å². The molecule has 2 heterocycles. The molecule has 2 amide bonds. The van der Waals surface area contributed by atoms with Crippen molar-refractivity contribution in [2.24, 2.45) is 11.3 Å². The standard InChI is InChI=1S/C18H24N2O3/c1-23-12-15-17(22)19-13-18(15)7-9-20(10-8-18)16(21)11-14-5-3-2-4-6-14/h2-6,15H,7-13H2,1H3,(H,19,22). The number of benzene rings is 1. The van der Waals surface area contributed by atoms with Gasteiger partial charge in [-0.05, 0) is 18.4 Å². The maximum absolute atomic E-state index is 12.5. The number of nitrogens with one attached hydrogen (secondary N) is 1. The highest BCUT2D eigenvalue weighted by Crippen LogP contribution is 2.42. The van der Waals surface area contributed by atoms with Gasteiger partial charge in [0.1, 0.15) is 0 Å². The summed E-state index contributed by atoms with van der Waals surface area (Å²) < 4.78 is 5.24. The Labute approximate surface area is 137 Å². The Bertz CT molecular complexity index is 565. The number of hydrogen-bond acceptors (Lipinski definition) is 3. The second kappa shape index (κ2) is 6.71. The van der Waals surface area contributed by atoms with E-state index >= 15 is 0 Å². The summed E-state index contributed by atoms with van der Waals surface area (Å²) in [5, 5.41) is 2.98. The highest BCUT2D eigenvalue weighted by molar-refractivity contribution is 5.82. The van der Waals surface area contributed by atoms with Gasteiger partial charge in [-0.15, -0.1) is 0 Å². The number of rotatable bonds is 4. The van der Waals surface area contributed by atoms with Crippen LogP contribution in [0.25, 0.3) is 0 Å². The monoisotopic (exact) mass is 316 g/mol. The maximum Gasteiger partial charge on any atom is 0.226 e. The zero-order chi connectivity index (χ0) is 16.3. The molecule has 0 radical (unpaired) electrons. The van der Waals surface area contributed by atoms with E-state index in [-0.39, 0.29) is 23.1 Å². The molecule has 5 nitrogen and oxygen atoms in total. The van der Waals surface area contributed by atoms with E-state index in [1.165, 1.54) is 0 Å². The molecule has 0 aliphatic carbocycles. The summed E-state index contributed by atoms with van der Waals surface area (Å²) in [5.74, 6) is 0.182. The molecule has 124 valence electrons. The first-order valence-electron chi connectivity index (χ1n) is 8.23. The third kappa shape index (κ3) is 3.24. The molecule has 0 aromatic heterocycles. The number of likely N-dealkylation sites (tertiary alicyclic amines) is 1. The van der Waals surface area contributed by atoms with Crippen LogP contribution >= 0.6 is 0 Å². The molecular formula is C18H24N2O3. The molecule has 1 N–H and O–H groups in total. The van der Waals surface area contributed by atoms with Gasteiger partial charge < -0.3 is 15.0 Å². The van der Waals surface area contributed by atoms with Crippen LogP contribution in [0.2, 0.25) is 0 Å². The molecule has 23 heavy (non-hydrogen) atoms. The van der Waals surface area contributed by atoms with Crippen molar-refractivity contribution >= 4 is 11.8 Å². The molecule has 2 aliphatic heterocycles. The second-order valence-electron chi connectivity index (χ2n) is 6.63. The first-order valence-corrected chi connectivity index (χ1v) is 8.23. The highest BCUT2D eigenvalue weighted by atomic mass is 16.5. The summed E-state index contributed by atoms with van der Waals surface area (Å²) in [5.41, 5.74) is 1.00. The number of methoxy groups -OCH3 is 1. The number of carbonyl (C=O) groups excluding carboxylic acids is 2. The number of piperidine rings is 1. The third-order valence-electron chi connectivity index (χ3n) is 5.31. The topological polar surface area (TPSA) is 58.6 Å². The summed E-state index contributed by atoms with van der Waals surface area (Å²) in [6, 6.07) is 9.84. The molecular weight excluding hydrogens is 292 g/mol. The average Bonchev–Trinajstić information content (AvgIpc) is 2.86. The number of hydrogen-bond donors (Lipinski definition) is 1. The second-order valence-corrected chi connectivity index (χ2v) is 6.63. The normalized spacial score (nSPS) is 23.1. The Morgan fingerprint density at radius 2 is 2.00 bits per heavy atom. The molecule has 5 heteroatoms. The van der Waals surface area contributed by atoms with Gasteiger partial charge in [0.15, 0.2) is 0 Å². The van der Waals surface area contributed by atoms with Gasteiger partial charge in [-0.3, -0.25) is 9.59 Å². The lowest BCUT2D eigenvalue weighted by atomic mass is 9.71. The van der Waals surface area contributed by atoms with Crippen LogP contribution in [0.15, 0.2) is 30.3 Å². The van der Waals surface area contributed by atoms with Gasteiger partial charge in [0.25, 0.3) is 0 Å². The van der Waals surface area contributed by atoms with E-state index in [1.807, 2.05) is 35.2 Å². The van der Waals surface area contributed by atoms with Crippen molar-refractivity contribution < 1.29 is 14.3 Å². The van der Waals surface area contributed by atoms with Crippen LogP contribution < -0.4 is 5.32 Å². The third-order valence-corrected chi connectivity index (χ3v) is 5.31. The zero-order valence-electron chi connectivity index (χ0n) is 13.6. The van der Waals surface area contributed by atoms with Gasteiger partial charge in [0, 0.05) is 32.2 Å². The molecule has 1 spiro atoms. The van der Waals surface area contributed by atoms with E-state index in [0.717, 1.165) is 31.5 Å². The van der Waals surface area contributed by atoms with Crippen LogP contribution in [-0.4, -0.2) is 50.1 Å². The quantitative estimate of drug-likeness (QED) is 0.909. The van der Waals surface area contributed by atoms with Gasteiger partial charge in [0.05, 0.1) is 18.9 Å². The van der Waals surface area contributed by atoms with Crippen molar-refractivity contribution in [2.75, 3.05) is 33.4 Å². The molecule has 3 rings (SSSR count). The highest BCUT2D eigenvalue weighted by Gasteiger charge is 2.49. The Morgan fingerprint density at radius 1 is 1.30 bits per heavy atom. The molecule has 2 fully saturated rings. The molecule has 1 aromatic rings. The molecule has 1 unspecified atom stereocenters. The Kier molecular flexibility index (Phi) is 4.66. The minimum absolute atomic E-state index is 0.0450. The molecule has 2 aliphatic rings. The molecule has 0 saturated carbocycles. The predicted octanol–water partition coefficient (Wildman–Crippen LogP) is 1.23. The van der Waals surface area contributed by atoms with E-state index in [2.05, 4.69) is 5.32 Å².